The van der Waals surface area contributed by atoms with E-state index in [-0.39, 0.29) is 0 Å². The summed E-state index contributed by atoms with van der Waals surface area (Å²) in [5.74, 6) is 0.945. The second kappa shape index (κ2) is 6.29. The van der Waals surface area contributed by atoms with Crippen LogP contribution in [0.3, 0.4) is 0 Å². The Morgan fingerprint density at radius 1 is 0.952 bits per heavy atom. The minimum Gasteiger partial charge on any atom is -0.423 e. The van der Waals surface area contributed by atoms with Crippen molar-refractivity contribution >= 4 is 23.2 Å². The number of rotatable bonds is 4. The van der Waals surface area contributed by atoms with Crippen LogP contribution in [0.1, 0.15) is 28.3 Å². The van der Waals surface area contributed by atoms with Gasteiger partial charge in [-0.25, -0.2) is 0 Å². The van der Waals surface area contributed by atoms with Crippen molar-refractivity contribution < 1.29 is 4.42 Å². The molecule has 1 heterocycles. The Balaban J connectivity index is 1.75. The van der Waals surface area contributed by atoms with Gasteiger partial charge in [0, 0.05) is 5.02 Å². The van der Waals surface area contributed by atoms with E-state index in [1.54, 1.807) is 0 Å². The predicted octanol–water partition coefficient (Wildman–Crippen LogP) is 4.64. The fourth-order valence-corrected chi connectivity index (χ4v) is 2.34. The zero-order valence-electron chi connectivity index (χ0n) is 11.0. The molecule has 0 bridgehead atoms. The van der Waals surface area contributed by atoms with E-state index in [4.69, 9.17) is 27.6 Å². The van der Waals surface area contributed by atoms with E-state index in [9.17, 15) is 0 Å². The molecule has 1 unspecified atom stereocenters. The van der Waals surface area contributed by atoms with Gasteiger partial charge in [-0.15, -0.1) is 21.8 Å². The van der Waals surface area contributed by atoms with Gasteiger partial charge in [-0.05, 0) is 23.3 Å². The van der Waals surface area contributed by atoms with Crippen LogP contribution in [-0.2, 0) is 6.42 Å². The SMILES string of the molecule is Clc1ccc(Cc2nnc(C(Cl)c3ccccc3)o2)cc1. The van der Waals surface area contributed by atoms with Crippen molar-refractivity contribution in [1.82, 2.24) is 10.2 Å². The number of nitrogens with zero attached hydrogens (tertiary/aromatic N) is 2. The molecule has 5 heteroatoms. The van der Waals surface area contributed by atoms with Gasteiger partial charge in [-0.1, -0.05) is 54.1 Å². The van der Waals surface area contributed by atoms with Crippen molar-refractivity contribution in [1.29, 1.82) is 0 Å². The maximum atomic E-state index is 6.36. The first-order valence-electron chi connectivity index (χ1n) is 6.48. The Labute approximate surface area is 132 Å². The van der Waals surface area contributed by atoms with Gasteiger partial charge in [-0.3, -0.25) is 0 Å². The minimum absolute atomic E-state index is 0.409. The van der Waals surface area contributed by atoms with Crippen molar-refractivity contribution in [3.63, 3.8) is 0 Å². The highest BCUT2D eigenvalue weighted by atomic mass is 35.5. The first-order valence-corrected chi connectivity index (χ1v) is 7.29. The van der Waals surface area contributed by atoms with Gasteiger partial charge in [0.2, 0.25) is 11.8 Å². The summed E-state index contributed by atoms with van der Waals surface area (Å²) in [7, 11) is 0. The quantitative estimate of drug-likeness (QED) is 0.658. The minimum atomic E-state index is -0.433. The van der Waals surface area contributed by atoms with Gasteiger partial charge in [0.05, 0.1) is 6.42 Å². The average molecular weight is 319 g/mol. The lowest BCUT2D eigenvalue weighted by atomic mass is 10.1. The largest absolute Gasteiger partial charge is 0.423 e. The molecule has 2 aromatic carbocycles. The standard InChI is InChI=1S/C16H12Cl2N2O/c17-13-8-6-11(7-9-13)10-14-19-20-16(21-14)15(18)12-4-2-1-3-5-12/h1-9,15H,10H2. The van der Waals surface area contributed by atoms with Gasteiger partial charge in [0.25, 0.3) is 0 Å². The van der Waals surface area contributed by atoms with Crippen LogP contribution in [0.5, 0.6) is 0 Å². The Morgan fingerprint density at radius 3 is 2.38 bits per heavy atom. The normalized spacial score (nSPS) is 12.3. The van der Waals surface area contributed by atoms with Crippen LogP contribution in [0.15, 0.2) is 59.0 Å². The van der Waals surface area contributed by atoms with Crippen LogP contribution in [0, 0.1) is 0 Å². The lowest BCUT2D eigenvalue weighted by Gasteiger charge is -2.03. The molecule has 1 atom stereocenters. The molecular weight excluding hydrogens is 307 g/mol. The number of benzene rings is 2. The second-order valence-electron chi connectivity index (χ2n) is 4.61. The highest BCUT2D eigenvalue weighted by molar-refractivity contribution is 6.30. The summed E-state index contributed by atoms with van der Waals surface area (Å²) in [6, 6.07) is 17.2. The van der Waals surface area contributed by atoms with Crippen molar-refractivity contribution in [3.8, 4) is 0 Å². The number of aromatic nitrogens is 2. The number of halogens is 2. The highest BCUT2D eigenvalue weighted by Gasteiger charge is 2.17. The third kappa shape index (κ3) is 3.43. The first-order chi connectivity index (χ1) is 10.2. The van der Waals surface area contributed by atoms with E-state index >= 15 is 0 Å². The van der Waals surface area contributed by atoms with Crippen molar-refractivity contribution in [3.05, 3.63) is 82.5 Å². The van der Waals surface area contributed by atoms with Gasteiger partial charge < -0.3 is 4.42 Å². The molecule has 106 valence electrons. The van der Waals surface area contributed by atoms with Gasteiger partial charge in [0.1, 0.15) is 5.38 Å². The lowest BCUT2D eigenvalue weighted by molar-refractivity contribution is 0.462. The van der Waals surface area contributed by atoms with Crippen LogP contribution < -0.4 is 0 Å². The molecule has 0 aliphatic heterocycles. The smallest absolute Gasteiger partial charge is 0.238 e. The topological polar surface area (TPSA) is 38.9 Å². The highest BCUT2D eigenvalue weighted by Crippen LogP contribution is 2.27. The molecule has 21 heavy (non-hydrogen) atoms. The van der Waals surface area contributed by atoms with Crippen LogP contribution in [0.4, 0.5) is 0 Å². The van der Waals surface area contributed by atoms with Gasteiger partial charge in [-0.2, -0.15) is 0 Å². The van der Waals surface area contributed by atoms with E-state index in [1.807, 2.05) is 54.6 Å². The molecule has 0 saturated carbocycles. The maximum Gasteiger partial charge on any atom is 0.238 e. The summed E-state index contributed by atoms with van der Waals surface area (Å²) in [6.07, 6.45) is 0.558. The zero-order chi connectivity index (χ0) is 14.7. The van der Waals surface area contributed by atoms with Crippen LogP contribution in [0.2, 0.25) is 5.02 Å². The van der Waals surface area contributed by atoms with Crippen molar-refractivity contribution in [2.45, 2.75) is 11.8 Å². The summed E-state index contributed by atoms with van der Waals surface area (Å²) in [5, 5.41) is 8.35. The van der Waals surface area contributed by atoms with E-state index in [2.05, 4.69) is 10.2 Å². The van der Waals surface area contributed by atoms with E-state index < -0.39 is 5.38 Å². The van der Waals surface area contributed by atoms with Crippen molar-refractivity contribution in [2.24, 2.45) is 0 Å². The molecule has 0 amide bonds. The average Bonchev–Trinajstić information content (AvgIpc) is 2.98. The summed E-state index contributed by atoms with van der Waals surface area (Å²) < 4.78 is 5.65. The Bertz CT molecular complexity index is 711. The molecule has 0 spiro atoms. The first kappa shape index (κ1) is 14.1. The zero-order valence-corrected chi connectivity index (χ0v) is 12.6. The lowest BCUT2D eigenvalue weighted by Crippen LogP contribution is -1.92. The summed E-state index contributed by atoms with van der Waals surface area (Å²) in [4.78, 5) is 0. The fourth-order valence-electron chi connectivity index (χ4n) is 1.98. The molecule has 3 aromatic rings. The number of hydrogen-bond donors (Lipinski definition) is 0. The molecule has 0 aliphatic carbocycles. The summed E-state index contributed by atoms with van der Waals surface area (Å²) >= 11 is 12.2. The van der Waals surface area contributed by atoms with Crippen LogP contribution in [-0.4, -0.2) is 10.2 Å². The Morgan fingerprint density at radius 2 is 1.67 bits per heavy atom. The van der Waals surface area contributed by atoms with Gasteiger partial charge in [0.15, 0.2) is 0 Å². The molecule has 1 aromatic heterocycles. The molecule has 0 saturated heterocycles. The molecule has 3 nitrogen and oxygen atoms in total. The number of hydrogen-bond acceptors (Lipinski definition) is 3. The third-order valence-corrected chi connectivity index (χ3v) is 3.75. The Kier molecular flexibility index (Phi) is 4.23. The molecule has 0 radical (unpaired) electrons. The van der Waals surface area contributed by atoms with E-state index in [0.717, 1.165) is 11.1 Å². The number of alkyl halides is 1. The molecule has 0 fully saturated rings. The van der Waals surface area contributed by atoms with E-state index in [1.165, 1.54) is 0 Å². The predicted molar refractivity (Wildman–Crippen MR) is 82.7 cm³/mol. The maximum absolute atomic E-state index is 6.36. The molecule has 0 N–H and O–H groups in total. The molecular formula is C16H12Cl2N2O. The second-order valence-corrected chi connectivity index (χ2v) is 5.48. The van der Waals surface area contributed by atoms with Crippen LogP contribution in [0.25, 0.3) is 0 Å². The Hall–Kier alpha value is -1.84. The summed E-state index contributed by atoms with van der Waals surface area (Å²) in [5.41, 5.74) is 1.99. The summed E-state index contributed by atoms with van der Waals surface area (Å²) in [6.45, 7) is 0. The molecule has 3 rings (SSSR count). The fraction of sp³-hybridized carbons (Fsp3) is 0.125. The van der Waals surface area contributed by atoms with Gasteiger partial charge >= 0.3 is 0 Å². The monoisotopic (exact) mass is 318 g/mol. The van der Waals surface area contributed by atoms with Crippen molar-refractivity contribution in [2.75, 3.05) is 0 Å². The third-order valence-electron chi connectivity index (χ3n) is 3.06. The molecule has 0 aliphatic rings. The van der Waals surface area contributed by atoms with Crippen LogP contribution >= 0.6 is 23.2 Å². The van der Waals surface area contributed by atoms with E-state index in [0.29, 0.717) is 23.2 Å².